The largest absolute Gasteiger partial charge is 0.493 e. The molecule has 13 heteroatoms. The maximum absolute atomic E-state index is 14.7. The first kappa shape index (κ1) is 36.1. The number of carbonyl (C=O) groups excluding carboxylic acids is 3. The summed E-state index contributed by atoms with van der Waals surface area (Å²) < 4.78 is 25.8. The molecular weight excluding hydrogens is 633 g/mol. The molecule has 2 aromatic rings. The second-order valence-electron chi connectivity index (χ2n) is 14.2. The van der Waals surface area contributed by atoms with Crippen LogP contribution in [0.15, 0.2) is 48.5 Å². The molecule has 266 valence electrons. The van der Waals surface area contributed by atoms with Crippen LogP contribution in [-0.4, -0.2) is 95.8 Å². The summed E-state index contributed by atoms with van der Waals surface area (Å²) in [5, 5.41) is 18.0. The zero-order chi connectivity index (χ0) is 35.5. The van der Waals surface area contributed by atoms with E-state index in [0.29, 0.717) is 43.9 Å². The molecule has 3 heterocycles. The number of para-hydroxylation sites is 1. The summed E-state index contributed by atoms with van der Waals surface area (Å²) >= 11 is 0. The van der Waals surface area contributed by atoms with Crippen molar-refractivity contribution < 1.29 is 38.1 Å². The number of carboxylic acid groups (broad SMARTS) is 1. The molecule has 2 aromatic carbocycles. The third-order valence-corrected chi connectivity index (χ3v) is 9.81. The van der Waals surface area contributed by atoms with Gasteiger partial charge in [-0.1, -0.05) is 58.0 Å². The van der Waals surface area contributed by atoms with Gasteiger partial charge in [0.05, 0.1) is 24.7 Å². The molecule has 0 radical (unpaired) electrons. The summed E-state index contributed by atoms with van der Waals surface area (Å²) in [6.07, 6.45) is -0.0711. The summed E-state index contributed by atoms with van der Waals surface area (Å²) in [4.78, 5) is 58.2. The highest BCUT2D eigenvalue weighted by Crippen LogP contribution is 2.34. The van der Waals surface area contributed by atoms with Gasteiger partial charge in [-0.05, 0) is 42.5 Å². The van der Waals surface area contributed by atoms with E-state index in [1.54, 1.807) is 6.92 Å². The lowest BCUT2D eigenvalue weighted by Crippen LogP contribution is -2.64. The third-order valence-electron chi connectivity index (χ3n) is 9.81. The van der Waals surface area contributed by atoms with E-state index in [0.717, 1.165) is 5.56 Å². The molecule has 0 bridgehead atoms. The van der Waals surface area contributed by atoms with Crippen LogP contribution in [-0.2, 0) is 19.1 Å². The highest BCUT2D eigenvalue weighted by atomic mass is 19.1. The Morgan fingerprint density at radius 2 is 1.76 bits per heavy atom. The predicted molar refractivity (Wildman–Crippen MR) is 179 cm³/mol. The first-order chi connectivity index (χ1) is 23.3. The van der Waals surface area contributed by atoms with Gasteiger partial charge in [-0.25, -0.2) is 9.18 Å². The van der Waals surface area contributed by atoms with Crippen LogP contribution in [0.1, 0.15) is 70.7 Å². The third kappa shape index (κ3) is 8.33. The Kier molecular flexibility index (Phi) is 11.1. The number of fused-ring (bicyclic) bond motifs is 2. The van der Waals surface area contributed by atoms with Gasteiger partial charge in [-0.15, -0.1) is 0 Å². The summed E-state index contributed by atoms with van der Waals surface area (Å²) in [5.74, 6) is -2.09. The molecule has 3 aliphatic heterocycles. The molecule has 7 atom stereocenters. The molecule has 4 amide bonds. The highest BCUT2D eigenvalue weighted by Gasteiger charge is 2.47. The Hall–Kier alpha value is -4.23. The van der Waals surface area contributed by atoms with Crippen molar-refractivity contribution in [2.24, 2.45) is 11.3 Å². The molecule has 3 aliphatic rings. The summed E-state index contributed by atoms with van der Waals surface area (Å²) in [7, 11) is 0. The van der Waals surface area contributed by atoms with Gasteiger partial charge in [0.25, 0.3) is 5.91 Å². The molecule has 4 N–H and O–H groups in total. The fourth-order valence-corrected chi connectivity index (χ4v) is 7.37. The average Bonchev–Trinajstić information content (AvgIpc) is 3.46. The van der Waals surface area contributed by atoms with Crippen molar-refractivity contribution in [1.82, 2.24) is 25.8 Å². The van der Waals surface area contributed by atoms with Crippen molar-refractivity contribution in [3.63, 3.8) is 0 Å². The number of halogens is 1. The van der Waals surface area contributed by atoms with E-state index < -0.39 is 53.2 Å². The fourth-order valence-electron chi connectivity index (χ4n) is 7.37. The van der Waals surface area contributed by atoms with Gasteiger partial charge in [-0.2, -0.15) is 0 Å². The van der Waals surface area contributed by atoms with Crippen molar-refractivity contribution >= 4 is 23.8 Å². The number of nitrogens with one attached hydrogen (secondary N) is 3. The molecule has 2 fully saturated rings. The maximum atomic E-state index is 14.7. The lowest BCUT2D eigenvalue weighted by atomic mass is 9.79. The van der Waals surface area contributed by atoms with Crippen LogP contribution in [0.3, 0.4) is 0 Å². The Bertz CT molecular complexity index is 1520. The average molecular weight is 682 g/mol. The van der Waals surface area contributed by atoms with Crippen LogP contribution in [0.25, 0.3) is 0 Å². The number of carbonyl (C=O) groups is 4. The second kappa shape index (κ2) is 15.1. The van der Waals surface area contributed by atoms with Crippen molar-refractivity contribution in [3.05, 3.63) is 65.5 Å². The van der Waals surface area contributed by atoms with Crippen molar-refractivity contribution in [2.75, 3.05) is 32.8 Å². The molecule has 0 aromatic heterocycles. The lowest BCUT2D eigenvalue weighted by molar-refractivity contribution is -0.148. The van der Waals surface area contributed by atoms with E-state index in [-0.39, 0.29) is 37.2 Å². The molecule has 1 unspecified atom stereocenters. The van der Waals surface area contributed by atoms with Gasteiger partial charge < -0.3 is 35.4 Å². The normalized spacial score (nSPS) is 24.0. The predicted octanol–water partition coefficient (Wildman–Crippen LogP) is 3.63. The minimum atomic E-state index is -1.27. The first-order valence-electron chi connectivity index (χ1n) is 17.0. The van der Waals surface area contributed by atoms with Crippen LogP contribution < -0.4 is 20.7 Å². The molecule has 12 nitrogen and oxygen atoms in total. The lowest BCUT2D eigenvalue weighted by Gasteiger charge is -2.44. The van der Waals surface area contributed by atoms with Gasteiger partial charge in [0.1, 0.15) is 23.7 Å². The SMILES string of the molecule is CCO[C@@H]1C[C@@H]2CN(C(=O)[C@@H](NC(=O)[C@@H](C)C(NC(=O)O)C(C)(C)C)c3ccc(F)cc3)[C@H](C(=O)N[C@@H]3CCOc4ccccc43)CN2C1. The molecule has 2 saturated heterocycles. The van der Waals surface area contributed by atoms with Crippen LogP contribution in [0.2, 0.25) is 0 Å². The summed E-state index contributed by atoms with van der Waals surface area (Å²) in [6.45, 7) is 11.1. The van der Waals surface area contributed by atoms with E-state index in [1.807, 2.05) is 52.0 Å². The Balaban J connectivity index is 1.46. The van der Waals surface area contributed by atoms with E-state index in [1.165, 1.54) is 29.2 Å². The quantitative estimate of drug-likeness (QED) is 0.297. The van der Waals surface area contributed by atoms with Crippen LogP contribution >= 0.6 is 0 Å². The van der Waals surface area contributed by atoms with Gasteiger partial charge >= 0.3 is 6.09 Å². The molecular formula is C36H48FN5O7. The van der Waals surface area contributed by atoms with Crippen molar-refractivity contribution in [3.8, 4) is 5.75 Å². The minimum absolute atomic E-state index is 0.0411. The second-order valence-corrected chi connectivity index (χ2v) is 14.2. The standard InChI is InChI=1S/C36H48FN5O7/c1-6-48-25-17-24-18-42(28(20-41(24)19-25)33(44)38-27-15-16-49-29-10-8-7-9-26(27)29)34(45)30(22-11-13-23(37)14-12-22)39-32(43)21(2)31(36(3,4)5)40-35(46)47/h7-14,21,24-25,27-28,30-31,40H,6,15-20H2,1-5H3,(H,38,44)(H,39,43)(H,46,47)/t21-,24+,25+,27+,28-,30-,31?/m0/s1. The fraction of sp³-hybridized carbons (Fsp3) is 0.556. The molecule has 49 heavy (non-hydrogen) atoms. The summed E-state index contributed by atoms with van der Waals surface area (Å²) in [6, 6.07) is 9.50. The Morgan fingerprint density at radius 3 is 2.43 bits per heavy atom. The van der Waals surface area contributed by atoms with E-state index in [9.17, 15) is 28.7 Å². The zero-order valence-corrected chi connectivity index (χ0v) is 28.8. The monoisotopic (exact) mass is 681 g/mol. The van der Waals surface area contributed by atoms with Crippen LogP contribution in [0.5, 0.6) is 5.75 Å². The molecule has 0 saturated carbocycles. The maximum Gasteiger partial charge on any atom is 0.404 e. The van der Waals surface area contributed by atoms with Gasteiger partial charge in [0.2, 0.25) is 11.8 Å². The number of piperazine rings is 1. The molecule has 5 rings (SSSR count). The van der Waals surface area contributed by atoms with E-state index in [2.05, 4.69) is 20.9 Å². The van der Waals surface area contributed by atoms with Gasteiger partial charge in [-0.3, -0.25) is 19.3 Å². The number of ether oxygens (including phenoxy) is 2. The number of nitrogens with zero attached hydrogens (tertiary/aromatic N) is 2. The molecule has 0 aliphatic carbocycles. The molecule has 0 spiro atoms. The highest BCUT2D eigenvalue weighted by molar-refractivity contribution is 5.94. The summed E-state index contributed by atoms with van der Waals surface area (Å²) in [5.41, 5.74) is 0.566. The van der Waals surface area contributed by atoms with Gasteiger partial charge in [0.15, 0.2) is 0 Å². The van der Waals surface area contributed by atoms with Crippen molar-refractivity contribution in [2.45, 2.75) is 83.8 Å². The van der Waals surface area contributed by atoms with E-state index >= 15 is 0 Å². The number of rotatable bonds is 10. The number of hydrogen-bond donors (Lipinski definition) is 4. The van der Waals surface area contributed by atoms with E-state index in [4.69, 9.17) is 9.47 Å². The van der Waals surface area contributed by atoms with Crippen LogP contribution in [0, 0.1) is 17.2 Å². The smallest absolute Gasteiger partial charge is 0.404 e. The number of benzene rings is 2. The number of hydrogen-bond acceptors (Lipinski definition) is 7. The van der Waals surface area contributed by atoms with Crippen molar-refractivity contribution in [1.29, 1.82) is 0 Å². The topological polar surface area (TPSA) is 150 Å². The zero-order valence-electron chi connectivity index (χ0n) is 28.8. The Labute approximate surface area is 286 Å². The minimum Gasteiger partial charge on any atom is -0.493 e. The van der Waals surface area contributed by atoms with Gasteiger partial charge in [0, 0.05) is 50.3 Å². The first-order valence-corrected chi connectivity index (χ1v) is 17.0. The van der Waals surface area contributed by atoms with Crippen LogP contribution in [0.4, 0.5) is 9.18 Å². The number of amides is 4. The Morgan fingerprint density at radius 1 is 1.04 bits per heavy atom.